The van der Waals surface area contributed by atoms with Crippen molar-refractivity contribution >= 4 is 29.4 Å². The molecule has 0 saturated heterocycles. The summed E-state index contributed by atoms with van der Waals surface area (Å²) in [6.45, 7) is 1.40. The number of benzene rings is 2. The molecule has 146 valence electrons. The van der Waals surface area contributed by atoms with Gasteiger partial charge in [-0.15, -0.1) is 0 Å². The van der Waals surface area contributed by atoms with Crippen LogP contribution in [0.3, 0.4) is 0 Å². The Balaban J connectivity index is 1.62. The first-order valence-corrected chi connectivity index (χ1v) is 8.48. The van der Waals surface area contributed by atoms with Crippen molar-refractivity contribution in [2.75, 3.05) is 5.32 Å². The predicted octanol–water partition coefficient (Wildman–Crippen LogP) is 3.58. The number of carbonyl (C=O) groups excluding carboxylic acids is 2. The number of amides is 2. The van der Waals surface area contributed by atoms with E-state index in [0.717, 1.165) is 0 Å². The second kappa shape index (κ2) is 8.61. The van der Waals surface area contributed by atoms with Gasteiger partial charge in [0.25, 0.3) is 11.6 Å². The number of non-ortho nitro benzene ring substituents is 1. The molecule has 0 radical (unpaired) electrons. The average molecular weight is 392 g/mol. The molecule has 0 aliphatic carbocycles. The number of hydrogen-bond acceptors (Lipinski definition) is 6. The number of nitrogens with zero attached hydrogens (tertiary/aromatic N) is 2. The van der Waals surface area contributed by atoms with Gasteiger partial charge in [0.15, 0.2) is 0 Å². The molecule has 0 unspecified atom stereocenters. The number of anilines is 1. The molecule has 0 aliphatic heterocycles. The Labute approximate surface area is 165 Å². The van der Waals surface area contributed by atoms with Gasteiger partial charge in [0.1, 0.15) is 11.5 Å². The molecule has 0 saturated carbocycles. The highest BCUT2D eigenvalue weighted by Gasteiger charge is 2.10. The third-order valence-corrected chi connectivity index (χ3v) is 3.79. The van der Waals surface area contributed by atoms with Crippen LogP contribution in [0, 0.1) is 10.1 Å². The molecule has 0 atom stereocenters. The van der Waals surface area contributed by atoms with E-state index in [1.165, 1.54) is 25.3 Å². The van der Waals surface area contributed by atoms with Gasteiger partial charge in [-0.25, -0.2) is 5.43 Å². The van der Waals surface area contributed by atoms with Crippen LogP contribution < -0.4 is 10.7 Å². The first kappa shape index (κ1) is 19.5. The first-order valence-electron chi connectivity index (χ1n) is 8.48. The highest BCUT2D eigenvalue weighted by molar-refractivity contribution is 5.96. The number of nitro benzene ring substituents is 1. The van der Waals surface area contributed by atoms with E-state index in [9.17, 15) is 19.7 Å². The Morgan fingerprint density at radius 1 is 1.10 bits per heavy atom. The Hall–Kier alpha value is -4.27. The van der Waals surface area contributed by atoms with E-state index in [0.29, 0.717) is 28.3 Å². The lowest BCUT2D eigenvalue weighted by Gasteiger charge is -2.03. The summed E-state index contributed by atoms with van der Waals surface area (Å²) in [7, 11) is 0. The molecule has 0 fully saturated rings. The molecule has 3 rings (SSSR count). The summed E-state index contributed by atoms with van der Waals surface area (Å²) < 4.78 is 5.58. The molecule has 0 spiro atoms. The van der Waals surface area contributed by atoms with Gasteiger partial charge < -0.3 is 9.73 Å². The Morgan fingerprint density at radius 3 is 2.55 bits per heavy atom. The molecule has 1 heterocycles. The van der Waals surface area contributed by atoms with Crippen molar-refractivity contribution in [3.8, 4) is 11.3 Å². The quantitative estimate of drug-likeness (QED) is 0.377. The lowest BCUT2D eigenvalue weighted by molar-refractivity contribution is -0.384. The summed E-state index contributed by atoms with van der Waals surface area (Å²) in [5, 5.41) is 17.3. The van der Waals surface area contributed by atoms with Crippen LogP contribution in [0.1, 0.15) is 23.0 Å². The Kier molecular flexibility index (Phi) is 5.79. The molecular weight excluding hydrogens is 376 g/mol. The third kappa shape index (κ3) is 5.13. The summed E-state index contributed by atoms with van der Waals surface area (Å²) >= 11 is 0. The number of hydrogen-bond donors (Lipinski definition) is 2. The molecule has 0 aliphatic rings. The topological polar surface area (TPSA) is 127 Å². The van der Waals surface area contributed by atoms with Crippen molar-refractivity contribution in [1.82, 2.24) is 5.43 Å². The number of carbonyl (C=O) groups is 2. The molecule has 2 aromatic carbocycles. The van der Waals surface area contributed by atoms with Gasteiger partial charge in [-0.3, -0.25) is 19.7 Å². The molecule has 0 bridgehead atoms. The number of hydrazone groups is 1. The normalized spacial score (nSPS) is 10.7. The van der Waals surface area contributed by atoms with Crippen LogP contribution in [0.15, 0.2) is 70.2 Å². The van der Waals surface area contributed by atoms with Crippen molar-refractivity contribution in [3.05, 3.63) is 82.1 Å². The van der Waals surface area contributed by atoms with E-state index in [1.807, 2.05) is 0 Å². The van der Waals surface area contributed by atoms with Crippen LogP contribution in [0.2, 0.25) is 0 Å². The largest absolute Gasteiger partial charge is 0.455 e. The standard InChI is InChI=1S/C20H16N4O5/c1-13(25)22-16-7-5-14(6-8-16)20(26)23-21-12-18-9-10-19(29-18)15-3-2-4-17(11-15)24(27)28/h2-12H,1H3,(H,22,25)(H,23,26)/b21-12-. The highest BCUT2D eigenvalue weighted by atomic mass is 16.6. The van der Waals surface area contributed by atoms with Crippen LogP contribution in [0.5, 0.6) is 0 Å². The predicted molar refractivity (Wildman–Crippen MR) is 107 cm³/mol. The molecule has 29 heavy (non-hydrogen) atoms. The summed E-state index contributed by atoms with van der Waals surface area (Å²) in [4.78, 5) is 33.5. The molecule has 9 nitrogen and oxygen atoms in total. The van der Waals surface area contributed by atoms with E-state index in [1.54, 1.807) is 48.5 Å². The van der Waals surface area contributed by atoms with Gasteiger partial charge in [-0.2, -0.15) is 5.10 Å². The van der Waals surface area contributed by atoms with Crippen LogP contribution in [0.25, 0.3) is 11.3 Å². The lowest BCUT2D eigenvalue weighted by atomic mass is 10.1. The summed E-state index contributed by atoms with van der Waals surface area (Å²) in [5.74, 6) is 0.179. The monoisotopic (exact) mass is 392 g/mol. The van der Waals surface area contributed by atoms with Crippen LogP contribution in [0.4, 0.5) is 11.4 Å². The van der Waals surface area contributed by atoms with Crippen molar-refractivity contribution < 1.29 is 18.9 Å². The highest BCUT2D eigenvalue weighted by Crippen LogP contribution is 2.25. The zero-order chi connectivity index (χ0) is 20.8. The molecule has 3 aromatic rings. The second-order valence-electron chi connectivity index (χ2n) is 5.97. The minimum absolute atomic E-state index is 0.0362. The fourth-order valence-electron chi connectivity index (χ4n) is 2.48. The third-order valence-electron chi connectivity index (χ3n) is 3.79. The fraction of sp³-hybridized carbons (Fsp3) is 0.0500. The van der Waals surface area contributed by atoms with Crippen molar-refractivity contribution in [2.45, 2.75) is 6.92 Å². The number of nitro groups is 1. The molecule has 2 amide bonds. The Morgan fingerprint density at radius 2 is 1.86 bits per heavy atom. The smallest absolute Gasteiger partial charge is 0.271 e. The summed E-state index contributed by atoms with van der Waals surface area (Å²) in [6, 6.07) is 15.7. The SMILES string of the molecule is CC(=O)Nc1ccc(C(=O)N/N=C\c2ccc(-c3cccc([N+](=O)[O-])c3)o2)cc1. The van der Waals surface area contributed by atoms with Gasteiger partial charge in [-0.1, -0.05) is 12.1 Å². The second-order valence-corrected chi connectivity index (χ2v) is 5.97. The average Bonchev–Trinajstić information content (AvgIpc) is 3.17. The van der Waals surface area contributed by atoms with E-state index in [2.05, 4.69) is 15.8 Å². The van der Waals surface area contributed by atoms with E-state index >= 15 is 0 Å². The van der Waals surface area contributed by atoms with Gasteiger partial charge in [0.2, 0.25) is 5.91 Å². The lowest BCUT2D eigenvalue weighted by Crippen LogP contribution is -2.17. The van der Waals surface area contributed by atoms with Gasteiger partial charge >= 0.3 is 0 Å². The van der Waals surface area contributed by atoms with Crippen LogP contribution in [-0.4, -0.2) is 23.0 Å². The molecule has 9 heteroatoms. The fourth-order valence-corrected chi connectivity index (χ4v) is 2.48. The van der Waals surface area contributed by atoms with Crippen molar-refractivity contribution in [2.24, 2.45) is 5.10 Å². The number of furan rings is 1. The molecule has 2 N–H and O–H groups in total. The minimum Gasteiger partial charge on any atom is -0.455 e. The van der Waals surface area contributed by atoms with Gasteiger partial charge in [0.05, 0.1) is 11.1 Å². The summed E-state index contributed by atoms with van der Waals surface area (Å²) in [5.41, 5.74) is 3.85. The first-order chi connectivity index (χ1) is 13.9. The maximum absolute atomic E-state index is 12.1. The van der Waals surface area contributed by atoms with Crippen molar-refractivity contribution in [1.29, 1.82) is 0 Å². The van der Waals surface area contributed by atoms with Crippen molar-refractivity contribution in [3.63, 3.8) is 0 Å². The molecular formula is C20H16N4O5. The molecule has 1 aromatic heterocycles. The minimum atomic E-state index is -0.479. The maximum Gasteiger partial charge on any atom is 0.271 e. The van der Waals surface area contributed by atoms with E-state index in [-0.39, 0.29) is 11.6 Å². The number of rotatable bonds is 6. The zero-order valence-electron chi connectivity index (χ0n) is 15.3. The summed E-state index contributed by atoms with van der Waals surface area (Å²) in [6.07, 6.45) is 1.32. The van der Waals surface area contributed by atoms with Crippen LogP contribution >= 0.6 is 0 Å². The van der Waals surface area contributed by atoms with E-state index < -0.39 is 10.8 Å². The van der Waals surface area contributed by atoms with Crippen LogP contribution in [-0.2, 0) is 4.79 Å². The van der Waals surface area contributed by atoms with Gasteiger partial charge in [-0.05, 0) is 36.4 Å². The zero-order valence-corrected chi connectivity index (χ0v) is 15.3. The number of nitrogens with one attached hydrogen (secondary N) is 2. The maximum atomic E-state index is 12.1. The van der Waals surface area contributed by atoms with Gasteiger partial charge in [0, 0.05) is 35.9 Å². The Bertz CT molecular complexity index is 1090. The van der Waals surface area contributed by atoms with E-state index in [4.69, 9.17) is 4.42 Å².